The van der Waals surface area contributed by atoms with Crippen molar-refractivity contribution in [2.45, 2.75) is 45.1 Å². The number of rotatable bonds is 5. The molecule has 1 fully saturated rings. The number of carboxylic acids is 2. The molecule has 2 N–H and O–H groups in total. The topological polar surface area (TPSA) is 147 Å². The van der Waals surface area contributed by atoms with Crippen molar-refractivity contribution in [2.24, 2.45) is 0 Å². The summed E-state index contributed by atoms with van der Waals surface area (Å²) in [6, 6.07) is 3.78. The summed E-state index contributed by atoms with van der Waals surface area (Å²) in [7, 11) is 0. The number of nitro benzene ring substituents is 1. The average Bonchev–Trinajstić information content (AvgIpc) is 2.61. The first-order valence-corrected chi connectivity index (χ1v) is 9.30. The first-order chi connectivity index (χ1) is 13.9. The predicted molar refractivity (Wildman–Crippen MR) is 106 cm³/mol. The van der Waals surface area contributed by atoms with Crippen LogP contribution in [0, 0.1) is 10.1 Å². The standard InChI is InChI=1S/C20H24N2O8/c1-20(2,3)30-19(27)21-8-6-12(7-9-21)10-13-4-5-14(15(11-13)22(28)29)16(17(23)24)18(25)26/h4-5,10-11,16H,6-9H2,1-3H3,(H,23,24)(H,25,26). The minimum Gasteiger partial charge on any atom is -0.480 e. The fourth-order valence-electron chi connectivity index (χ4n) is 3.11. The summed E-state index contributed by atoms with van der Waals surface area (Å²) in [5.41, 5.74) is -0.115. The van der Waals surface area contributed by atoms with E-state index in [2.05, 4.69) is 0 Å². The van der Waals surface area contributed by atoms with Crippen LogP contribution in [0.25, 0.3) is 6.08 Å². The Morgan fingerprint density at radius 2 is 1.73 bits per heavy atom. The molecule has 0 bridgehead atoms. The van der Waals surface area contributed by atoms with Crippen LogP contribution < -0.4 is 0 Å². The molecule has 0 atom stereocenters. The summed E-state index contributed by atoms with van der Waals surface area (Å²) in [5, 5.41) is 29.6. The van der Waals surface area contributed by atoms with Gasteiger partial charge < -0.3 is 19.8 Å². The van der Waals surface area contributed by atoms with Crippen molar-refractivity contribution >= 4 is 29.8 Å². The quantitative estimate of drug-likeness (QED) is 0.419. The van der Waals surface area contributed by atoms with Crippen molar-refractivity contribution in [3.05, 3.63) is 45.0 Å². The number of piperidine rings is 1. The summed E-state index contributed by atoms with van der Waals surface area (Å²) in [6.45, 7) is 6.25. The molecule has 1 aromatic rings. The van der Waals surface area contributed by atoms with E-state index in [0.717, 1.165) is 11.6 Å². The average molecular weight is 420 g/mol. The van der Waals surface area contributed by atoms with E-state index in [-0.39, 0.29) is 5.56 Å². The zero-order chi connectivity index (χ0) is 22.6. The van der Waals surface area contributed by atoms with Gasteiger partial charge in [-0.15, -0.1) is 0 Å². The van der Waals surface area contributed by atoms with Gasteiger partial charge in [0.25, 0.3) is 5.69 Å². The number of hydrogen-bond acceptors (Lipinski definition) is 6. The molecule has 0 spiro atoms. The highest BCUT2D eigenvalue weighted by molar-refractivity contribution is 6.00. The Hall–Kier alpha value is -3.43. The van der Waals surface area contributed by atoms with Gasteiger partial charge in [-0.05, 0) is 39.2 Å². The molecule has 0 aromatic heterocycles. The summed E-state index contributed by atoms with van der Waals surface area (Å²) in [6.07, 6.45) is 2.46. The smallest absolute Gasteiger partial charge is 0.410 e. The van der Waals surface area contributed by atoms with Gasteiger partial charge in [-0.2, -0.15) is 0 Å². The van der Waals surface area contributed by atoms with Crippen molar-refractivity contribution in [1.82, 2.24) is 4.90 Å². The van der Waals surface area contributed by atoms with Crippen molar-refractivity contribution in [2.75, 3.05) is 13.1 Å². The van der Waals surface area contributed by atoms with Crippen LogP contribution >= 0.6 is 0 Å². The van der Waals surface area contributed by atoms with Gasteiger partial charge in [0, 0.05) is 19.2 Å². The highest BCUT2D eigenvalue weighted by Gasteiger charge is 2.34. The third-order valence-electron chi connectivity index (χ3n) is 4.48. The fraction of sp³-hybridized carbons (Fsp3) is 0.450. The lowest BCUT2D eigenvalue weighted by Gasteiger charge is -2.31. The van der Waals surface area contributed by atoms with Crippen LogP contribution in [0.5, 0.6) is 0 Å². The maximum Gasteiger partial charge on any atom is 0.410 e. The molecular weight excluding hydrogens is 396 g/mol. The van der Waals surface area contributed by atoms with Crippen LogP contribution in [0.2, 0.25) is 0 Å². The maximum absolute atomic E-state index is 12.1. The van der Waals surface area contributed by atoms with E-state index in [0.29, 0.717) is 31.5 Å². The lowest BCUT2D eigenvalue weighted by Crippen LogP contribution is -2.40. The van der Waals surface area contributed by atoms with E-state index in [9.17, 15) is 24.5 Å². The number of carbonyl (C=O) groups is 3. The molecule has 30 heavy (non-hydrogen) atoms. The van der Waals surface area contributed by atoms with Gasteiger partial charge in [0.15, 0.2) is 5.92 Å². The minimum atomic E-state index is -2.02. The predicted octanol–water partition coefficient (Wildman–Crippen LogP) is 3.26. The van der Waals surface area contributed by atoms with Crippen LogP contribution in [0.15, 0.2) is 23.8 Å². The molecular formula is C20H24N2O8. The van der Waals surface area contributed by atoms with E-state index in [1.807, 2.05) is 0 Å². The third kappa shape index (κ3) is 5.79. The normalized spacial score (nSPS) is 14.4. The molecule has 0 unspecified atom stereocenters. The van der Waals surface area contributed by atoms with Gasteiger partial charge >= 0.3 is 18.0 Å². The molecule has 10 heteroatoms. The van der Waals surface area contributed by atoms with Gasteiger partial charge in [0.2, 0.25) is 0 Å². The molecule has 1 amide bonds. The third-order valence-corrected chi connectivity index (χ3v) is 4.48. The zero-order valence-electron chi connectivity index (χ0n) is 17.0. The molecule has 2 rings (SSSR count). The molecule has 0 saturated carbocycles. The van der Waals surface area contributed by atoms with Crippen molar-refractivity contribution in [3.8, 4) is 0 Å². The van der Waals surface area contributed by atoms with Crippen molar-refractivity contribution in [3.63, 3.8) is 0 Å². The van der Waals surface area contributed by atoms with Crippen LogP contribution in [-0.4, -0.2) is 56.8 Å². The van der Waals surface area contributed by atoms with Crippen LogP contribution in [0.4, 0.5) is 10.5 Å². The molecule has 1 aliphatic heterocycles. The maximum atomic E-state index is 12.1. The Bertz CT molecular complexity index is 877. The Kier molecular flexibility index (Phi) is 6.81. The second kappa shape index (κ2) is 8.93. The largest absolute Gasteiger partial charge is 0.480 e. The van der Waals surface area contributed by atoms with Crippen molar-refractivity contribution in [1.29, 1.82) is 0 Å². The number of ether oxygens (including phenoxy) is 1. The number of amides is 1. The summed E-state index contributed by atoms with van der Waals surface area (Å²) in [4.78, 5) is 46.8. The molecule has 1 saturated heterocycles. The molecule has 0 radical (unpaired) electrons. The molecule has 10 nitrogen and oxygen atoms in total. The SMILES string of the molecule is CC(C)(C)OC(=O)N1CCC(=Cc2ccc(C(C(=O)O)C(=O)O)c([N+](=O)[O-])c2)CC1. The number of aliphatic carboxylic acids is 2. The molecule has 0 aliphatic carbocycles. The number of carbonyl (C=O) groups excluding carboxylic acids is 1. The number of carboxylic acid groups (broad SMARTS) is 2. The Morgan fingerprint density at radius 3 is 2.20 bits per heavy atom. The highest BCUT2D eigenvalue weighted by Crippen LogP contribution is 2.30. The second-order valence-electron chi connectivity index (χ2n) is 7.95. The lowest BCUT2D eigenvalue weighted by molar-refractivity contribution is -0.385. The lowest BCUT2D eigenvalue weighted by atomic mass is 9.94. The van der Waals surface area contributed by atoms with Crippen LogP contribution in [0.3, 0.4) is 0 Å². The van der Waals surface area contributed by atoms with Crippen molar-refractivity contribution < 1.29 is 34.3 Å². The van der Waals surface area contributed by atoms with Gasteiger partial charge in [-0.3, -0.25) is 19.7 Å². The first kappa shape index (κ1) is 22.9. The van der Waals surface area contributed by atoms with Crippen LogP contribution in [0.1, 0.15) is 50.7 Å². The number of hydrogen-bond donors (Lipinski definition) is 2. The number of nitro groups is 1. The Morgan fingerprint density at radius 1 is 1.17 bits per heavy atom. The zero-order valence-corrected chi connectivity index (χ0v) is 17.0. The Labute approximate surface area is 172 Å². The number of benzene rings is 1. The van der Waals surface area contributed by atoms with E-state index in [1.165, 1.54) is 12.1 Å². The van der Waals surface area contributed by atoms with E-state index < -0.39 is 40.2 Å². The monoisotopic (exact) mass is 420 g/mol. The van der Waals surface area contributed by atoms with E-state index in [1.54, 1.807) is 31.7 Å². The van der Waals surface area contributed by atoms with Crippen LogP contribution in [-0.2, 0) is 14.3 Å². The Balaban J connectivity index is 2.20. The fourth-order valence-corrected chi connectivity index (χ4v) is 3.11. The second-order valence-corrected chi connectivity index (χ2v) is 7.95. The molecule has 1 aromatic carbocycles. The first-order valence-electron chi connectivity index (χ1n) is 9.30. The molecule has 1 heterocycles. The van der Waals surface area contributed by atoms with E-state index in [4.69, 9.17) is 14.9 Å². The van der Waals surface area contributed by atoms with Gasteiger partial charge in [-0.25, -0.2) is 4.79 Å². The molecule has 162 valence electrons. The number of nitrogens with zero attached hydrogens (tertiary/aromatic N) is 2. The summed E-state index contributed by atoms with van der Waals surface area (Å²) >= 11 is 0. The summed E-state index contributed by atoms with van der Waals surface area (Å²) < 4.78 is 5.34. The minimum absolute atomic E-state index is 0.387. The highest BCUT2D eigenvalue weighted by atomic mass is 16.6. The number of likely N-dealkylation sites (tertiary alicyclic amines) is 1. The molecule has 1 aliphatic rings. The van der Waals surface area contributed by atoms with Gasteiger partial charge in [0.05, 0.1) is 10.5 Å². The van der Waals surface area contributed by atoms with Gasteiger partial charge in [0.1, 0.15) is 5.60 Å². The van der Waals surface area contributed by atoms with E-state index >= 15 is 0 Å². The van der Waals surface area contributed by atoms with Gasteiger partial charge in [-0.1, -0.05) is 23.8 Å². The summed E-state index contributed by atoms with van der Waals surface area (Å²) in [5.74, 6) is -5.37.